The fraction of sp³-hybridized carbons (Fsp3) is 0.440. The van der Waals surface area contributed by atoms with Crippen LogP contribution in [-0.2, 0) is 26.2 Å². The van der Waals surface area contributed by atoms with Crippen LogP contribution in [-0.4, -0.2) is 50.5 Å². The van der Waals surface area contributed by atoms with Crippen molar-refractivity contribution in [2.45, 2.75) is 46.7 Å². The average Bonchev–Trinajstić information content (AvgIpc) is 2.77. The summed E-state index contributed by atoms with van der Waals surface area (Å²) >= 11 is 18.5. The van der Waals surface area contributed by atoms with Gasteiger partial charge in [0.1, 0.15) is 12.6 Å². The number of benzene rings is 2. The lowest BCUT2D eigenvalue weighted by molar-refractivity contribution is -0.140. The lowest BCUT2D eigenvalue weighted by Gasteiger charge is -2.33. The summed E-state index contributed by atoms with van der Waals surface area (Å²) < 4.78 is 26.5. The van der Waals surface area contributed by atoms with Crippen LogP contribution in [0.25, 0.3) is 0 Å². The van der Waals surface area contributed by atoms with E-state index in [4.69, 9.17) is 34.8 Å². The first-order chi connectivity index (χ1) is 16.7. The number of carbonyl (C=O) groups is 2. The number of carbonyl (C=O) groups excluding carboxylic acids is 2. The third-order valence-corrected chi connectivity index (χ3v) is 7.48. The number of amides is 2. The molecule has 2 rings (SSSR count). The van der Waals surface area contributed by atoms with E-state index in [-0.39, 0.29) is 18.4 Å². The normalized spacial score (nSPS) is 12.4. The summed E-state index contributed by atoms with van der Waals surface area (Å²) in [6.07, 6.45) is 1.35. The molecule has 0 aliphatic carbocycles. The summed E-state index contributed by atoms with van der Waals surface area (Å²) in [5.41, 5.74) is 1.50. The summed E-state index contributed by atoms with van der Waals surface area (Å²) in [6, 6.07) is 8.79. The Kier molecular flexibility index (Phi) is 10.9. The molecule has 11 heteroatoms. The maximum absolute atomic E-state index is 13.7. The highest BCUT2D eigenvalue weighted by Crippen LogP contribution is 2.27. The van der Waals surface area contributed by atoms with Gasteiger partial charge in [0.15, 0.2) is 0 Å². The highest BCUT2D eigenvalue weighted by atomic mass is 35.5. The van der Waals surface area contributed by atoms with E-state index in [2.05, 4.69) is 5.32 Å². The summed E-state index contributed by atoms with van der Waals surface area (Å²) in [6.45, 7) is 7.38. The Hall–Kier alpha value is -2.00. The molecule has 1 N–H and O–H groups in total. The molecule has 0 fully saturated rings. The van der Waals surface area contributed by atoms with Crippen LogP contribution < -0.4 is 9.62 Å². The van der Waals surface area contributed by atoms with E-state index >= 15 is 0 Å². The molecular formula is C25H32Cl3N3O4S. The predicted octanol–water partition coefficient (Wildman–Crippen LogP) is 5.30. The maximum atomic E-state index is 13.7. The Morgan fingerprint density at radius 1 is 1.03 bits per heavy atom. The smallest absolute Gasteiger partial charge is 0.244 e. The molecule has 0 saturated carbocycles. The molecular weight excluding hydrogens is 545 g/mol. The van der Waals surface area contributed by atoms with Crippen LogP contribution in [0.2, 0.25) is 15.1 Å². The van der Waals surface area contributed by atoms with E-state index in [9.17, 15) is 18.0 Å². The fourth-order valence-corrected chi connectivity index (χ4v) is 5.27. The largest absolute Gasteiger partial charge is 0.354 e. The molecule has 0 aliphatic heterocycles. The first-order valence-corrected chi connectivity index (χ1v) is 14.5. The zero-order chi connectivity index (χ0) is 27.2. The molecule has 7 nitrogen and oxygen atoms in total. The van der Waals surface area contributed by atoms with Gasteiger partial charge in [-0.2, -0.15) is 0 Å². The molecule has 0 aromatic heterocycles. The van der Waals surface area contributed by atoms with Crippen LogP contribution in [0.15, 0.2) is 36.4 Å². The van der Waals surface area contributed by atoms with Gasteiger partial charge in [0, 0.05) is 28.2 Å². The molecule has 2 aromatic carbocycles. The first-order valence-electron chi connectivity index (χ1n) is 11.5. The maximum Gasteiger partial charge on any atom is 0.244 e. The van der Waals surface area contributed by atoms with Gasteiger partial charge in [-0.1, -0.05) is 61.6 Å². The lowest BCUT2D eigenvalue weighted by atomic mass is 10.1. The number of hydrogen-bond acceptors (Lipinski definition) is 4. The molecule has 0 bridgehead atoms. The van der Waals surface area contributed by atoms with E-state index in [1.165, 1.54) is 4.90 Å². The monoisotopic (exact) mass is 575 g/mol. The van der Waals surface area contributed by atoms with Crippen LogP contribution in [0.3, 0.4) is 0 Å². The second kappa shape index (κ2) is 13.0. The number of sulfonamides is 1. The zero-order valence-electron chi connectivity index (χ0n) is 21.0. The minimum atomic E-state index is -3.84. The van der Waals surface area contributed by atoms with Gasteiger partial charge in [0.2, 0.25) is 21.8 Å². The molecule has 0 saturated heterocycles. The molecule has 1 atom stereocenters. The first kappa shape index (κ1) is 30.2. The third kappa shape index (κ3) is 8.26. The molecule has 0 heterocycles. The van der Waals surface area contributed by atoms with Gasteiger partial charge in [-0.3, -0.25) is 13.9 Å². The van der Waals surface area contributed by atoms with Gasteiger partial charge < -0.3 is 10.2 Å². The SMILES string of the molecule is CC[C@H](C(=O)NCC(C)C)N(Cc1ccc(Cl)cc1Cl)C(=O)CN(c1ccc(Cl)cc1C)S(C)(=O)=O. The van der Waals surface area contributed by atoms with Crippen molar-refractivity contribution in [3.63, 3.8) is 0 Å². The van der Waals surface area contributed by atoms with Crippen molar-refractivity contribution < 1.29 is 18.0 Å². The summed E-state index contributed by atoms with van der Waals surface area (Å²) in [4.78, 5) is 28.2. The highest BCUT2D eigenvalue weighted by Gasteiger charge is 2.32. The van der Waals surface area contributed by atoms with E-state index in [1.54, 1.807) is 50.2 Å². The van der Waals surface area contributed by atoms with Crippen molar-refractivity contribution in [2.24, 2.45) is 5.92 Å². The number of aryl methyl sites for hydroxylation is 1. The second-order valence-corrected chi connectivity index (χ2v) is 12.2. The topological polar surface area (TPSA) is 86.8 Å². The number of halogens is 3. The average molecular weight is 577 g/mol. The van der Waals surface area contributed by atoms with Crippen molar-refractivity contribution >= 4 is 62.3 Å². The van der Waals surface area contributed by atoms with Crippen molar-refractivity contribution in [2.75, 3.05) is 23.7 Å². The quantitative estimate of drug-likeness (QED) is 0.393. The van der Waals surface area contributed by atoms with Gasteiger partial charge in [0.25, 0.3) is 0 Å². The molecule has 0 spiro atoms. The number of anilines is 1. The summed E-state index contributed by atoms with van der Waals surface area (Å²) in [5.74, 6) is -0.652. The molecule has 36 heavy (non-hydrogen) atoms. The van der Waals surface area contributed by atoms with E-state index in [0.29, 0.717) is 44.8 Å². The Labute approximate surface area is 228 Å². The van der Waals surface area contributed by atoms with E-state index in [1.807, 2.05) is 13.8 Å². The predicted molar refractivity (Wildman–Crippen MR) is 147 cm³/mol. The number of rotatable bonds is 11. The van der Waals surface area contributed by atoms with Gasteiger partial charge in [0.05, 0.1) is 11.9 Å². The highest BCUT2D eigenvalue weighted by molar-refractivity contribution is 7.92. The Bertz CT molecular complexity index is 1210. The third-order valence-electron chi connectivity index (χ3n) is 5.53. The van der Waals surface area contributed by atoms with Gasteiger partial charge in [-0.15, -0.1) is 0 Å². The Balaban J connectivity index is 2.49. The van der Waals surface area contributed by atoms with E-state index < -0.39 is 28.5 Å². The zero-order valence-corrected chi connectivity index (χ0v) is 24.1. The summed E-state index contributed by atoms with van der Waals surface area (Å²) in [7, 11) is -3.84. The van der Waals surface area contributed by atoms with E-state index in [0.717, 1.165) is 10.6 Å². The van der Waals surface area contributed by atoms with Crippen molar-refractivity contribution in [3.05, 3.63) is 62.6 Å². The number of nitrogens with zero attached hydrogens (tertiary/aromatic N) is 2. The number of hydrogen-bond donors (Lipinski definition) is 1. The molecule has 0 aliphatic rings. The van der Waals surface area contributed by atoms with Crippen LogP contribution in [0.1, 0.15) is 38.3 Å². The van der Waals surface area contributed by atoms with Gasteiger partial charge >= 0.3 is 0 Å². The molecule has 0 radical (unpaired) electrons. The van der Waals surface area contributed by atoms with Crippen molar-refractivity contribution in [1.82, 2.24) is 10.2 Å². The van der Waals surface area contributed by atoms with Crippen LogP contribution >= 0.6 is 34.8 Å². The summed E-state index contributed by atoms with van der Waals surface area (Å²) in [5, 5.41) is 4.10. The molecule has 2 aromatic rings. The molecule has 0 unspecified atom stereocenters. The van der Waals surface area contributed by atoms with Gasteiger partial charge in [-0.25, -0.2) is 8.42 Å². The Morgan fingerprint density at radius 3 is 2.17 bits per heavy atom. The standard InChI is InChI=1S/C25H32Cl3N3O4S/c1-6-22(25(33)29-13-16(2)3)30(14-18-7-8-20(27)12-21(18)28)24(32)15-31(36(5,34)35)23-10-9-19(26)11-17(23)4/h7-12,16,22H,6,13-15H2,1-5H3,(H,29,33)/t22-/m1/s1. The minimum absolute atomic E-state index is 0.000354. The van der Waals surface area contributed by atoms with Crippen molar-refractivity contribution in [1.29, 1.82) is 0 Å². The molecule has 2 amide bonds. The van der Waals surface area contributed by atoms with Crippen molar-refractivity contribution in [3.8, 4) is 0 Å². The van der Waals surface area contributed by atoms with Crippen LogP contribution in [0.5, 0.6) is 0 Å². The van der Waals surface area contributed by atoms with Crippen LogP contribution in [0, 0.1) is 12.8 Å². The fourth-order valence-electron chi connectivity index (χ4n) is 3.67. The second-order valence-electron chi connectivity index (χ2n) is 9.02. The lowest BCUT2D eigenvalue weighted by Crippen LogP contribution is -2.52. The number of nitrogens with one attached hydrogen (secondary N) is 1. The van der Waals surface area contributed by atoms with Crippen LogP contribution in [0.4, 0.5) is 5.69 Å². The molecule has 198 valence electrons. The minimum Gasteiger partial charge on any atom is -0.354 e. The Morgan fingerprint density at radius 2 is 1.64 bits per heavy atom. The van der Waals surface area contributed by atoms with Gasteiger partial charge in [-0.05, 0) is 60.7 Å².